The van der Waals surface area contributed by atoms with Gasteiger partial charge in [-0.05, 0) is 0 Å². The lowest BCUT2D eigenvalue weighted by atomic mass is 10.1. The van der Waals surface area contributed by atoms with Crippen molar-refractivity contribution < 1.29 is 18.7 Å². The molecule has 3 N–H and O–H groups in total. The molecule has 0 atom stereocenters. The first-order chi connectivity index (χ1) is 6.07. The van der Waals surface area contributed by atoms with E-state index in [9.17, 15) is 13.6 Å². The molecule has 0 radical (unpaired) electrons. The van der Waals surface area contributed by atoms with Gasteiger partial charge in [-0.15, -0.1) is 0 Å². The van der Waals surface area contributed by atoms with Crippen molar-refractivity contribution in [2.45, 2.75) is 6.43 Å². The molecule has 0 aromatic carbocycles. The fourth-order valence-electron chi connectivity index (χ4n) is 0.842. The number of aromatic nitrogens is 1. The van der Waals surface area contributed by atoms with Crippen LogP contribution < -0.4 is 5.73 Å². The summed E-state index contributed by atoms with van der Waals surface area (Å²) in [7, 11) is 0. The highest BCUT2D eigenvalue weighted by molar-refractivity contribution is 5.84. The molecule has 6 heteroatoms. The Kier molecular flexibility index (Phi) is 2.41. The van der Waals surface area contributed by atoms with Crippen LogP contribution >= 0.6 is 0 Å². The minimum atomic E-state index is -2.86. The van der Waals surface area contributed by atoms with E-state index in [1.54, 1.807) is 0 Å². The first-order valence-electron chi connectivity index (χ1n) is 3.28. The average molecular weight is 188 g/mol. The van der Waals surface area contributed by atoms with Gasteiger partial charge < -0.3 is 10.8 Å². The monoisotopic (exact) mass is 188 g/mol. The van der Waals surface area contributed by atoms with E-state index in [1.807, 2.05) is 0 Å². The standard InChI is InChI=1S/C7H6F2N2O2/c8-6(9)3-1-11-7(10)5(13)4(3)2-12/h1-2,6,13H,(H2,10,11). The molecule has 0 spiro atoms. The van der Waals surface area contributed by atoms with Crippen LogP contribution in [0.15, 0.2) is 6.20 Å². The Morgan fingerprint density at radius 1 is 1.62 bits per heavy atom. The summed E-state index contributed by atoms with van der Waals surface area (Å²) in [6.45, 7) is 0. The van der Waals surface area contributed by atoms with Crippen molar-refractivity contribution in [1.82, 2.24) is 4.98 Å². The highest BCUT2D eigenvalue weighted by atomic mass is 19.3. The summed E-state index contributed by atoms with van der Waals surface area (Å²) in [5.41, 5.74) is 3.97. The second-order valence-electron chi connectivity index (χ2n) is 2.28. The number of nitrogen functional groups attached to an aromatic ring is 1. The van der Waals surface area contributed by atoms with Crippen LogP contribution in [0.5, 0.6) is 5.75 Å². The van der Waals surface area contributed by atoms with Gasteiger partial charge in [0.25, 0.3) is 6.43 Å². The van der Waals surface area contributed by atoms with Crippen LogP contribution in [0.3, 0.4) is 0 Å². The summed E-state index contributed by atoms with van der Waals surface area (Å²) in [5.74, 6) is -1.04. The third-order valence-corrected chi connectivity index (χ3v) is 1.50. The molecule has 0 fully saturated rings. The summed E-state index contributed by atoms with van der Waals surface area (Å²) in [6, 6.07) is 0. The normalized spacial score (nSPS) is 10.4. The highest BCUT2D eigenvalue weighted by Gasteiger charge is 2.18. The summed E-state index contributed by atoms with van der Waals surface area (Å²) in [4.78, 5) is 13.6. The molecule has 0 aliphatic heterocycles. The smallest absolute Gasteiger partial charge is 0.266 e. The molecule has 13 heavy (non-hydrogen) atoms. The predicted octanol–water partition coefficient (Wildman–Crippen LogP) is 1.12. The molecule has 0 amide bonds. The highest BCUT2D eigenvalue weighted by Crippen LogP contribution is 2.30. The van der Waals surface area contributed by atoms with Crippen molar-refractivity contribution in [3.05, 3.63) is 17.3 Å². The van der Waals surface area contributed by atoms with Gasteiger partial charge in [-0.1, -0.05) is 0 Å². The van der Waals surface area contributed by atoms with Crippen LogP contribution in [0.4, 0.5) is 14.6 Å². The number of aldehydes is 1. The number of nitrogens with two attached hydrogens (primary N) is 1. The van der Waals surface area contributed by atoms with Gasteiger partial charge >= 0.3 is 0 Å². The topological polar surface area (TPSA) is 76.2 Å². The Labute approximate surface area is 72.0 Å². The van der Waals surface area contributed by atoms with Crippen molar-refractivity contribution in [1.29, 1.82) is 0 Å². The van der Waals surface area contributed by atoms with Crippen LogP contribution in [0.2, 0.25) is 0 Å². The number of alkyl halides is 2. The van der Waals surface area contributed by atoms with Crippen LogP contribution in [0.1, 0.15) is 22.3 Å². The van der Waals surface area contributed by atoms with Crippen LogP contribution in [-0.4, -0.2) is 16.4 Å². The van der Waals surface area contributed by atoms with Gasteiger partial charge in [0.1, 0.15) is 0 Å². The molecule has 0 saturated heterocycles. The van der Waals surface area contributed by atoms with Gasteiger partial charge in [-0.25, -0.2) is 13.8 Å². The molecule has 1 rings (SSSR count). The molecule has 0 unspecified atom stereocenters. The molecule has 1 aromatic rings. The van der Waals surface area contributed by atoms with E-state index in [-0.39, 0.29) is 12.1 Å². The molecule has 1 aromatic heterocycles. The van der Waals surface area contributed by atoms with Crippen LogP contribution in [0, 0.1) is 0 Å². The summed E-state index contributed by atoms with van der Waals surface area (Å²) in [6.07, 6.45) is -1.97. The Hall–Kier alpha value is -1.72. The number of carbonyl (C=O) groups excluding carboxylic acids is 1. The zero-order chi connectivity index (χ0) is 10.0. The van der Waals surface area contributed by atoms with Gasteiger partial charge in [0.05, 0.1) is 11.1 Å². The minimum Gasteiger partial charge on any atom is -0.504 e. The summed E-state index contributed by atoms with van der Waals surface area (Å²) in [5, 5.41) is 9.08. The Morgan fingerprint density at radius 2 is 2.23 bits per heavy atom. The Balaban J connectivity index is 3.38. The molecule has 70 valence electrons. The Morgan fingerprint density at radius 3 is 2.69 bits per heavy atom. The van der Waals surface area contributed by atoms with Crippen molar-refractivity contribution in [3.8, 4) is 5.75 Å². The van der Waals surface area contributed by atoms with E-state index < -0.39 is 23.3 Å². The molecular formula is C7H6F2N2O2. The lowest BCUT2D eigenvalue weighted by molar-refractivity contribution is 0.110. The predicted molar refractivity (Wildman–Crippen MR) is 40.7 cm³/mol. The molecule has 0 aliphatic rings. The fraction of sp³-hybridized carbons (Fsp3) is 0.143. The molecular weight excluding hydrogens is 182 g/mol. The second-order valence-corrected chi connectivity index (χ2v) is 2.28. The molecule has 0 bridgehead atoms. The van der Waals surface area contributed by atoms with Gasteiger partial charge in [-0.3, -0.25) is 4.79 Å². The largest absolute Gasteiger partial charge is 0.504 e. The first kappa shape index (κ1) is 9.37. The van der Waals surface area contributed by atoms with Crippen LogP contribution in [0.25, 0.3) is 0 Å². The zero-order valence-corrected chi connectivity index (χ0v) is 6.37. The zero-order valence-electron chi connectivity index (χ0n) is 6.37. The summed E-state index contributed by atoms with van der Waals surface area (Å²) >= 11 is 0. The summed E-state index contributed by atoms with van der Waals surface area (Å²) < 4.78 is 24.4. The third kappa shape index (κ3) is 1.56. The van der Waals surface area contributed by atoms with Gasteiger partial charge in [0, 0.05) is 6.20 Å². The average Bonchev–Trinajstić information content (AvgIpc) is 2.09. The van der Waals surface area contributed by atoms with Gasteiger partial charge in [-0.2, -0.15) is 0 Å². The first-order valence-corrected chi connectivity index (χ1v) is 3.28. The van der Waals surface area contributed by atoms with Crippen molar-refractivity contribution >= 4 is 12.1 Å². The van der Waals surface area contributed by atoms with Gasteiger partial charge in [0.2, 0.25) is 0 Å². The number of aromatic hydroxyl groups is 1. The molecule has 0 saturated carbocycles. The van der Waals surface area contributed by atoms with E-state index in [2.05, 4.69) is 4.98 Å². The molecule has 1 heterocycles. The maximum Gasteiger partial charge on any atom is 0.266 e. The number of pyridine rings is 1. The lowest BCUT2D eigenvalue weighted by Crippen LogP contribution is -2.00. The number of rotatable bonds is 2. The van der Waals surface area contributed by atoms with Crippen LogP contribution in [-0.2, 0) is 0 Å². The second kappa shape index (κ2) is 3.34. The number of nitrogens with zero attached hydrogens (tertiary/aromatic N) is 1. The van der Waals surface area contributed by atoms with E-state index in [1.165, 1.54) is 0 Å². The van der Waals surface area contributed by atoms with E-state index in [0.29, 0.717) is 0 Å². The lowest BCUT2D eigenvalue weighted by Gasteiger charge is -2.05. The van der Waals surface area contributed by atoms with E-state index >= 15 is 0 Å². The third-order valence-electron chi connectivity index (χ3n) is 1.50. The maximum atomic E-state index is 12.2. The van der Waals surface area contributed by atoms with Crippen molar-refractivity contribution in [2.24, 2.45) is 0 Å². The van der Waals surface area contributed by atoms with Crippen molar-refractivity contribution in [3.63, 3.8) is 0 Å². The minimum absolute atomic E-state index is 0.120. The SMILES string of the molecule is Nc1ncc(C(F)F)c(C=O)c1O. The van der Waals surface area contributed by atoms with Gasteiger partial charge in [0.15, 0.2) is 17.9 Å². The van der Waals surface area contributed by atoms with E-state index in [4.69, 9.17) is 10.8 Å². The number of anilines is 1. The number of hydrogen-bond acceptors (Lipinski definition) is 4. The number of carbonyl (C=O) groups is 1. The molecule has 4 nitrogen and oxygen atoms in total. The quantitative estimate of drug-likeness (QED) is 0.682. The number of halogens is 2. The van der Waals surface area contributed by atoms with E-state index in [0.717, 1.165) is 6.20 Å². The van der Waals surface area contributed by atoms with Crippen molar-refractivity contribution in [2.75, 3.05) is 5.73 Å². The molecule has 0 aliphatic carbocycles. The number of hydrogen-bond donors (Lipinski definition) is 2. The fourth-order valence-corrected chi connectivity index (χ4v) is 0.842. The maximum absolute atomic E-state index is 12.2. The Bertz CT molecular complexity index is 342.